The average Bonchev–Trinajstić information content (AvgIpc) is 2.92. The summed E-state index contributed by atoms with van der Waals surface area (Å²) in [5, 5.41) is 0. The first-order valence-electron chi connectivity index (χ1n) is 8.63. The molecule has 2 aliphatic rings. The van der Waals surface area contributed by atoms with Crippen molar-refractivity contribution in [2.24, 2.45) is 0 Å². The van der Waals surface area contributed by atoms with Crippen molar-refractivity contribution in [1.29, 1.82) is 0 Å². The van der Waals surface area contributed by atoms with E-state index in [1.54, 1.807) is 44.6 Å². The van der Waals surface area contributed by atoms with Gasteiger partial charge in [-0.25, -0.2) is 4.79 Å². The fourth-order valence-corrected chi connectivity index (χ4v) is 3.01. The predicted molar refractivity (Wildman–Crippen MR) is 107 cm³/mol. The minimum Gasteiger partial charge on any atom is -0.497 e. The molecule has 5 nitrogen and oxygen atoms in total. The van der Waals surface area contributed by atoms with Crippen LogP contribution < -0.4 is 9.47 Å². The third kappa shape index (κ3) is 3.74. The number of benzene rings is 1. The molecular formula is C23H20O5. The van der Waals surface area contributed by atoms with E-state index in [-0.39, 0.29) is 5.78 Å². The number of carbonyl (C=O) groups excluding carboxylic acids is 2. The van der Waals surface area contributed by atoms with Gasteiger partial charge in [0.05, 0.1) is 26.9 Å². The Labute approximate surface area is 163 Å². The first-order valence-corrected chi connectivity index (χ1v) is 8.63. The molecule has 2 aliphatic carbocycles. The van der Waals surface area contributed by atoms with E-state index >= 15 is 0 Å². The number of ether oxygens (including phenoxy) is 3. The van der Waals surface area contributed by atoms with Crippen molar-refractivity contribution in [3.05, 3.63) is 77.4 Å². The molecule has 1 aromatic rings. The maximum absolute atomic E-state index is 12.9. The van der Waals surface area contributed by atoms with Gasteiger partial charge in [-0.2, -0.15) is 0 Å². The number of fused-ring (bicyclic) bond motifs is 1. The largest absolute Gasteiger partial charge is 0.497 e. The van der Waals surface area contributed by atoms with Crippen LogP contribution in [-0.4, -0.2) is 33.1 Å². The van der Waals surface area contributed by atoms with Crippen LogP contribution in [0.2, 0.25) is 0 Å². The van der Waals surface area contributed by atoms with Gasteiger partial charge in [-0.15, -0.1) is 0 Å². The van der Waals surface area contributed by atoms with Crippen molar-refractivity contribution in [3.8, 4) is 22.6 Å². The minimum atomic E-state index is -0.476. The molecule has 0 aliphatic heterocycles. The SMILES string of the molecule is COC(=O)c1cc(C(=O)/C=C/c2ccc(OC)cc2OC)c2cccccc1-2. The molecule has 0 bridgehead atoms. The standard InChI is InChI=1S/C23H20O5/c1-26-16-11-9-15(22(13-16)27-2)10-12-21(24)19-14-20(23(25)28-3)18-8-6-4-5-7-17(18)19/h4-14H,1-3H3/b12-10+. The second kappa shape index (κ2) is 8.39. The van der Waals surface area contributed by atoms with Gasteiger partial charge >= 0.3 is 5.97 Å². The fraction of sp³-hybridized carbons (Fsp3) is 0.130. The monoisotopic (exact) mass is 376 g/mol. The van der Waals surface area contributed by atoms with E-state index in [0.29, 0.717) is 33.8 Å². The summed E-state index contributed by atoms with van der Waals surface area (Å²) in [6.45, 7) is 0. The first-order chi connectivity index (χ1) is 13.6. The van der Waals surface area contributed by atoms with Crippen LogP contribution in [0, 0.1) is 0 Å². The molecule has 1 aromatic carbocycles. The molecule has 0 saturated heterocycles. The number of rotatable bonds is 6. The molecule has 0 aromatic heterocycles. The normalized spacial score (nSPS) is 10.8. The van der Waals surface area contributed by atoms with Crippen molar-refractivity contribution in [2.45, 2.75) is 0 Å². The first kappa shape index (κ1) is 19.2. The summed E-state index contributed by atoms with van der Waals surface area (Å²) in [4.78, 5) is 25.0. The van der Waals surface area contributed by atoms with Crippen LogP contribution in [0.1, 0.15) is 26.3 Å². The van der Waals surface area contributed by atoms with E-state index in [9.17, 15) is 9.59 Å². The van der Waals surface area contributed by atoms with Gasteiger partial charge in [0.2, 0.25) is 0 Å². The smallest absolute Gasteiger partial charge is 0.338 e. The van der Waals surface area contributed by atoms with Crippen molar-refractivity contribution in [3.63, 3.8) is 0 Å². The van der Waals surface area contributed by atoms with Gasteiger partial charge < -0.3 is 14.2 Å². The second-order valence-electron chi connectivity index (χ2n) is 6.01. The Bertz CT molecular complexity index is 1020. The fourth-order valence-electron chi connectivity index (χ4n) is 3.01. The van der Waals surface area contributed by atoms with Crippen molar-refractivity contribution >= 4 is 17.8 Å². The van der Waals surface area contributed by atoms with Crippen molar-refractivity contribution in [1.82, 2.24) is 0 Å². The minimum absolute atomic E-state index is 0.218. The van der Waals surface area contributed by atoms with Crippen LogP contribution in [0.25, 0.3) is 17.2 Å². The van der Waals surface area contributed by atoms with Crippen molar-refractivity contribution in [2.75, 3.05) is 21.3 Å². The van der Waals surface area contributed by atoms with Gasteiger partial charge in [-0.05, 0) is 41.5 Å². The molecule has 0 saturated carbocycles. The molecular weight excluding hydrogens is 356 g/mol. The Morgan fingerprint density at radius 2 is 1.54 bits per heavy atom. The van der Waals surface area contributed by atoms with Gasteiger partial charge in [0.1, 0.15) is 11.5 Å². The molecule has 0 radical (unpaired) electrons. The lowest BCUT2D eigenvalue weighted by molar-refractivity contribution is 0.0602. The van der Waals surface area contributed by atoms with E-state index < -0.39 is 5.97 Å². The molecule has 3 rings (SSSR count). The Morgan fingerprint density at radius 1 is 0.821 bits per heavy atom. The Balaban J connectivity index is 1.99. The molecule has 28 heavy (non-hydrogen) atoms. The summed E-state index contributed by atoms with van der Waals surface area (Å²) >= 11 is 0. The molecule has 0 atom stereocenters. The van der Waals surface area contributed by atoms with E-state index in [2.05, 4.69) is 0 Å². The van der Waals surface area contributed by atoms with Crippen LogP contribution >= 0.6 is 0 Å². The summed E-state index contributed by atoms with van der Waals surface area (Å²) in [5.74, 6) is 0.565. The highest BCUT2D eigenvalue weighted by Gasteiger charge is 2.22. The van der Waals surface area contributed by atoms with E-state index in [4.69, 9.17) is 14.2 Å². The molecule has 5 heteroatoms. The second-order valence-corrected chi connectivity index (χ2v) is 6.01. The van der Waals surface area contributed by atoms with Gasteiger partial charge in [0, 0.05) is 17.2 Å². The maximum Gasteiger partial charge on any atom is 0.338 e. The molecule has 0 fully saturated rings. The number of hydrogen-bond acceptors (Lipinski definition) is 5. The predicted octanol–water partition coefficient (Wildman–Crippen LogP) is 4.49. The lowest BCUT2D eigenvalue weighted by atomic mass is 10.0. The Kier molecular flexibility index (Phi) is 5.75. The summed E-state index contributed by atoms with van der Waals surface area (Å²) in [6, 6.07) is 16.0. The van der Waals surface area contributed by atoms with Crippen LogP contribution in [0.15, 0.2) is 60.7 Å². The van der Waals surface area contributed by atoms with E-state index in [0.717, 1.165) is 5.56 Å². The summed E-state index contributed by atoms with van der Waals surface area (Å²) in [5.41, 5.74) is 2.92. The van der Waals surface area contributed by atoms with E-state index in [1.807, 2.05) is 30.3 Å². The summed E-state index contributed by atoms with van der Waals surface area (Å²) in [7, 11) is 4.45. The van der Waals surface area contributed by atoms with Crippen molar-refractivity contribution < 1.29 is 23.8 Å². The lowest BCUT2D eigenvalue weighted by Crippen LogP contribution is -2.00. The van der Waals surface area contributed by atoms with Gasteiger partial charge in [0.15, 0.2) is 5.78 Å². The zero-order chi connectivity index (χ0) is 20.1. The third-order valence-corrected chi connectivity index (χ3v) is 4.43. The topological polar surface area (TPSA) is 61.8 Å². The molecule has 142 valence electrons. The highest BCUT2D eigenvalue weighted by molar-refractivity contribution is 6.15. The highest BCUT2D eigenvalue weighted by atomic mass is 16.5. The van der Waals surface area contributed by atoms with Crippen LogP contribution in [0.5, 0.6) is 11.5 Å². The quantitative estimate of drug-likeness (QED) is 0.360. The number of allylic oxidation sites excluding steroid dienone is 1. The van der Waals surface area contributed by atoms with E-state index in [1.165, 1.54) is 13.2 Å². The Morgan fingerprint density at radius 3 is 2.18 bits per heavy atom. The number of ketones is 1. The third-order valence-electron chi connectivity index (χ3n) is 4.43. The van der Waals surface area contributed by atoms with Gasteiger partial charge in [-0.1, -0.05) is 30.3 Å². The molecule has 0 N–H and O–H groups in total. The van der Waals surface area contributed by atoms with Gasteiger partial charge in [0.25, 0.3) is 0 Å². The Hall–Kier alpha value is -3.60. The zero-order valence-corrected chi connectivity index (χ0v) is 15.9. The molecule has 0 heterocycles. The van der Waals surface area contributed by atoms with Crippen LogP contribution in [0.3, 0.4) is 0 Å². The maximum atomic E-state index is 12.9. The highest BCUT2D eigenvalue weighted by Crippen LogP contribution is 2.33. The number of esters is 1. The number of methoxy groups -OCH3 is 3. The molecule has 0 unspecified atom stereocenters. The molecule has 0 spiro atoms. The van der Waals surface area contributed by atoms with Gasteiger partial charge in [-0.3, -0.25) is 4.79 Å². The average molecular weight is 376 g/mol. The number of carbonyl (C=O) groups is 2. The zero-order valence-electron chi connectivity index (χ0n) is 15.9. The van der Waals surface area contributed by atoms with Crippen LogP contribution in [0.4, 0.5) is 0 Å². The lowest BCUT2D eigenvalue weighted by Gasteiger charge is -2.07. The van der Waals surface area contributed by atoms with Crippen LogP contribution in [-0.2, 0) is 4.74 Å². The summed E-state index contributed by atoms with van der Waals surface area (Å²) in [6.07, 6.45) is 3.15. The molecule has 0 amide bonds. The summed E-state index contributed by atoms with van der Waals surface area (Å²) < 4.78 is 15.4. The number of hydrogen-bond donors (Lipinski definition) is 0.